The minimum Gasteiger partial charge on any atom is -0.374 e. The molecule has 0 fully saturated rings. The molecule has 1 atom stereocenters. The highest BCUT2D eigenvalue weighted by Gasteiger charge is 2.13. The number of benzene rings is 2. The summed E-state index contributed by atoms with van der Waals surface area (Å²) in [5.74, 6) is -0.477. The van der Waals surface area contributed by atoms with Crippen LogP contribution in [0.15, 0.2) is 48.5 Å². The van der Waals surface area contributed by atoms with Crippen LogP contribution in [0.4, 0.5) is 22.7 Å². The molecule has 0 spiro atoms. The van der Waals surface area contributed by atoms with E-state index in [9.17, 15) is 14.4 Å². The molecule has 3 amide bonds. The van der Waals surface area contributed by atoms with Crippen LogP contribution in [-0.4, -0.2) is 23.8 Å². The van der Waals surface area contributed by atoms with Gasteiger partial charge in [-0.15, -0.1) is 0 Å². The lowest BCUT2D eigenvalue weighted by Gasteiger charge is -2.16. The van der Waals surface area contributed by atoms with Crippen LogP contribution in [0.25, 0.3) is 0 Å². The van der Waals surface area contributed by atoms with Crippen molar-refractivity contribution in [1.82, 2.24) is 0 Å². The molecule has 0 aliphatic rings. The van der Waals surface area contributed by atoms with Crippen LogP contribution in [0.2, 0.25) is 0 Å². The molecule has 0 saturated carbocycles. The van der Waals surface area contributed by atoms with Gasteiger partial charge in [-0.05, 0) is 55.5 Å². The van der Waals surface area contributed by atoms with Crippen LogP contribution in [0, 0.1) is 0 Å². The molecule has 0 aromatic heterocycles. The fourth-order valence-electron chi connectivity index (χ4n) is 2.26. The molecule has 0 radical (unpaired) electrons. The van der Waals surface area contributed by atoms with Crippen LogP contribution >= 0.6 is 0 Å². The lowest BCUT2D eigenvalue weighted by molar-refractivity contribution is -0.117. The van der Waals surface area contributed by atoms with E-state index in [2.05, 4.69) is 21.3 Å². The molecule has 2 rings (SSSR count). The van der Waals surface area contributed by atoms with Gasteiger partial charge in [0.25, 0.3) is 0 Å². The molecule has 4 N–H and O–H groups in total. The first-order valence-corrected chi connectivity index (χ1v) is 8.16. The molecule has 0 aliphatic heterocycles. The molecule has 7 heteroatoms. The zero-order chi connectivity index (χ0) is 19.1. The van der Waals surface area contributed by atoms with Gasteiger partial charge in [0.1, 0.15) is 6.04 Å². The summed E-state index contributed by atoms with van der Waals surface area (Å²) in [7, 11) is 0. The van der Waals surface area contributed by atoms with Gasteiger partial charge in [-0.2, -0.15) is 0 Å². The lowest BCUT2D eigenvalue weighted by Crippen LogP contribution is -2.31. The van der Waals surface area contributed by atoms with Gasteiger partial charge in [0.15, 0.2) is 0 Å². The van der Waals surface area contributed by atoms with Gasteiger partial charge < -0.3 is 21.3 Å². The number of hydrogen-bond donors (Lipinski definition) is 4. The quantitative estimate of drug-likeness (QED) is 0.641. The van der Waals surface area contributed by atoms with Crippen LogP contribution in [0.3, 0.4) is 0 Å². The summed E-state index contributed by atoms with van der Waals surface area (Å²) in [6.07, 6.45) is 0. The van der Waals surface area contributed by atoms with Crippen molar-refractivity contribution in [2.75, 3.05) is 21.3 Å². The minimum absolute atomic E-state index is 0.136. The highest BCUT2D eigenvalue weighted by molar-refractivity contribution is 5.97. The summed E-state index contributed by atoms with van der Waals surface area (Å²) in [5.41, 5.74) is 2.77. The lowest BCUT2D eigenvalue weighted by atomic mass is 10.2. The Morgan fingerprint density at radius 1 is 0.654 bits per heavy atom. The third-order valence-electron chi connectivity index (χ3n) is 3.45. The maximum atomic E-state index is 12.3. The average molecular weight is 354 g/mol. The summed E-state index contributed by atoms with van der Waals surface area (Å²) in [4.78, 5) is 34.3. The van der Waals surface area contributed by atoms with E-state index >= 15 is 0 Å². The standard InChI is InChI=1S/C19H22N4O3/c1-12(20-15-4-6-16(7-5-15)21-13(2)24)19(26)23-18-10-8-17(9-11-18)22-14(3)25/h4-12,20H,1-3H3,(H,21,24)(H,22,25)(H,23,26). The molecule has 2 aromatic rings. The molecule has 26 heavy (non-hydrogen) atoms. The summed E-state index contributed by atoms with van der Waals surface area (Å²) in [6, 6.07) is 13.5. The zero-order valence-electron chi connectivity index (χ0n) is 14.9. The first-order valence-electron chi connectivity index (χ1n) is 8.16. The van der Waals surface area contributed by atoms with Crippen molar-refractivity contribution in [3.63, 3.8) is 0 Å². The molecule has 0 bridgehead atoms. The van der Waals surface area contributed by atoms with Gasteiger partial charge in [0.2, 0.25) is 17.7 Å². The van der Waals surface area contributed by atoms with Gasteiger partial charge in [0.05, 0.1) is 0 Å². The fraction of sp³-hybridized carbons (Fsp3) is 0.211. The Kier molecular flexibility index (Phi) is 6.32. The Morgan fingerprint density at radius 2 is 1.00 bits per heavy atom. The Morgan fingerprint density at radius 3 is 1.38 bits per heavy atom. The molecular formula is C19H22N4O3. The zero-order valence-corrected chi connectivity index (χ0v) is 14.9. The van der Waals surface area contributed by atoms with Crippen LogP contribution < -0.4 is 21.3 Å². The second-order valence-electron chi connectivity index (χ2n) is 5.87. The summed E-state index contributed by atoms with van der Waals surface area (Å²) in [5, 5.41) is 11.3. The van der Waals surface area contributed by atoms with E-state index in [-0.39, 0.29) is 17.7 Å². The van der Waals surface area contributed by atoms with Gasteiger partial charge in [0, 0.05) is 36.6 Å². The van der Waals surface area contributed by atoms with Crippen molar-refractivity contribution >= 4 is 40.5 Å². The van der Waals surface area contributed by atoms with Crippen molar-refractivity contribution in [3.05, 3.63) is 48.5 Å². The number of anilines is 4. The van der Waals surface area contributed by atoms with Crippen molar-refractivity contribution in [3.8, 4) is 0 Å². The maximum Gasteiger partial charge on any atom is 0.246 e. The number of hydrogen-bond acceptors (Lipinski definition) is 4. The first kappa shape index (κ1) is 19.0. The Hall–Kier alpha value is -3.35. The Balaban J connectivity index is 1.90. The van der Waals surface area contributed by atoms with Gasteiger partial charge in [-0.3, -0.25) is 14.4 Å². The number of carbonyl (C=O) groups is 3. The summed E-state index contributed by atoms with van der Waals surface area (Å²) >= 11 is 0. The molecule has 7 nitrogen and oxygen atoms in total. The van der Waals surface area contributed by atoms with Gasteiger partial charge >= 0.3 is 0 Å². The van der Waals surface area contributed by atoms with E-state index in [1.807, 2.05) is 0 Å². The molecule has 2 aromatic carbocycles. The van der Waals surface area contributed by atoms with Crippen molar-refractivity contribution in [2.45, 2.75) is 26.8 Å². The molecule has 0 heterocycles. The summed E-state index contributed by atoms with van der Waals surface area (Å²) in [6.45, 7) is 4.63. The van der Waals surface area contributed by atoms with Crippen LogP contribution in [0.1, 0.15) is 20.8 Å². The average Bonchev–Trinajstić information content (AvgIpc) is 2.57. The molecular weight excluding hydrogens is 332 g/mol. The second-order valence-corrected chi connectivity index (χ2v) is 5.87. The number of amides is 3. The normalized spacial score (nSPS) is 11.2. The molecule has 136 valence electrons. The monoisotopic (exact) mass is 354 g/mol. The van der Waals surface area contributed by atoms with E-state index < -0.39 is 6.04 Å². The van der Waals surface area contributed by atoms with E-state index in [0.29, 0.717) is 17.1 Å². The number of nitrogens with one attached hydrogen (secondary N) is 4. The number of carbonyl (C=O) groups excluding carboxylic acids is 3. The van der Waals surface area contributed by atoms with E-state index in [1.165, 1.54) is 13.8 Å². The highest BCUT2D eigenvalue weighted by Crippen LogP contribution is 2.16. The Bertz CT molecular complexity index is 785. The van der Waals surface area contributed by atoms with E-state index in [1.54, 1.807) is 55.5 Å². The van der Waals surface area contributed by atoms with E-state index in [4.69, 9.17) is 0 Å². The molecule has 1 unspecified atom stereocenters. The first-order chi connectivity index (χ1) is 12.3. The van der Waals surface area contributed by atoms with Gasteiger partial charge in [-0.25, -0.2) is 0 Å². The molecule has 0 saturated heterocycles. The van der Waals surface area contributed by atoms with Crippen molar-refractivity contribution < 1.29 is 14.4 Å². The van der Waals surface area contributed by atoms with Crippen LogP contribution in [0.5, 0.6) is 0 Å². The highest BCUT2D eigenvalue weighted by atomic mass is 16.2. The topological polar surface area (TPSA) is 99.3 Å². The Labute approximate surface area is 152 Å². The third-order valence-corrected chi connectivity index (χ3v) is 3.45. The maximum absolute atomic E-state index is 12.3. The van der Waals surface area contributed by atoms with Crippen molar-refractivity contribution in [1.29, 1.82) is 0 Å². The SMILES string of the molecule is CC(=O)Nc1ccc(NC(=O)C(C)Nc2ccc(NC(C)=O)cc2)cc1. The minimum atomic E-state index is -0.461. The fourth-order valence-corrected chi connectivity index (χ4v) is 2.26. The predicted octanol–water partition coefficient (Wildman–Crippen LogP) is 3.04. The van der Waals surface area contributed by atoms with Crippen LogP contribution in [-0.2, 0) is 14.4 Å². The van der Waals surface area contributed by atoms with Crippen molar-refractivity contribution in [2.24, 2.45) is 0 Å². The molecule has 0 aliphatic carbocycles. The van der Waals surface area contributed by atoms with Gasteiger partial charge in [-0.1, -0.05) is 0 Å². The second kappa shape index (κ2) is 8.66. The number of rotatable bonds is 6. The largest absolute Gasteiger partial charge is 0.374 e. The summed E-state index contributed by atoms with van der Waals surface area (Å²) < 4.78 is 0. The smallest absolute Gasteiger partial charge is 0.246 e. The predicted molar refractivity (Wildman–Crippen MR) is 103 cm³/mol. The third kappa shape index (κ3) is 5.94. The van der Waals surface area contributed by atoms with E-state index in [0.717, 1.165) is 5.69 Å².